The Morgan fingerprint density at radius 3 is 2.43 bits per heavy atom. The van der Waals surface area contributed by atoms with Crippen LogP contribution in [-0.2, 0) is 17.9 Å². The van der Waals surface area contributed by atoms with Crippen molar-refractivity contribution >= 4 is 6.09 Å². The third kappa shape index (κ3) is 3.92. The van der Waals surface area contributed by atoms with E-state index in [0.29, 0.717) is 0 Å². The van der Waals surface area contributed by atoms with Crippen LogP contribution in [0.15, 0.2) is 72.3 Å². The molecule has 2 atom stereocenters. The van der Waals surface area contributed by atoms with Crippen LogP contribution in [0.2, 0.25) is 0 Å². The summed E-state index contributed by atoms with van der Waals surface area (Å²) in [6, 6.07) is 22.1. The maximum absolute atomic E-state index is 12.8. The zero-order chi connectivity index (χ0) is 19.3. The van der Waals surface area contributed by atoms with Crippen molar-refractivity contribution < 1.29 is 9.53 Å². The number of carbonyl (C=O) groups excluding carboxylic acids is 1. The number of nitrogens with zero attached hydrogens (tertiary/aromatic N) is 3. The molecule has 1 amide bonds. The first-order valence-corrected chi connectivity index (χ1v) is 9.58. The molecule has 2 unspecified atom stereocenters. The number of hydrogen-bond donors (Lipinski definition) is 0. The Labute approximate surface area is 165 Å². The lowest BCUT2D eigenvalue weighted by atomic mass is 10.1. The van der Waals surface area contributed by atoms with Gasteiger partial charge in [0.05, 0.1) is 18.2 Å². The van der Waals surface area contributed by atoms with Gasteiger partial charge >= 0.3 is 6.09 Å². The molecule has 2 bridgehead atoms. The number of nitriles is 1. The molecule has 0 saturated carbocycles. The summed E-state index contributed by atoms with van der Waals surface area (Å²) in [6.45, 7) is 2.62. The second-order valence-electron chi connectivity index (χ2n) is 7.35. The number of likely N-dealkylation sites (tertiary alicyclic amines) is 1. The van der Waals surface area contributed by atoms with Crippen LogP contribution in [-0.4, -0.2) is 41.1 Å². The van der Waals surface area contributed by atoms with Crippen LogP contribution >= 0.6 is 0 Å². The third-order valence-corrected chi connectivity index (χ3v) is 5.44. The Morgan fingerprint density at radius 2 is 1.75 bits per heavy atom. The Morgan fingerprint density at radius 1 is 1.07 bits per heavy atom. The summed E-state index contributed by atoms with van der Waals surface area (Å²) >= 11 is 0. The predicted octanol–water partition coefficient (Wildman–Crippen LogP) is 3.73. The van der Waals surface area contributed by atoms with Crippen molar-refractivity contribution in [2.45, 2.75) is 31.7 Å². The summed E-state index contributed by atoms with van der Waals surface area (Å²) in [5, 5.41) is 9.15. The largest absolute Gasteiger partial charge is 0.445 e. The van der Waals surface area contributed by atoms with E-state index in [4.69, 9.17) is 10.00 Å². The topological polar surface area (TPSA) is 56.6 Å². The smallest absolute Gasteiger partial charge is 0.410 e. The van der Waals surface area contributed by atoms with Crippen LogP contribution < -0.4 is 0 Å². The normalized spacial score (nSPS) is 22.8. The summed E-state index contributed by atoms with van der Waals surface area (Å²) in [5.41, 5.74) is 3.26. The number of ether oxygens (including phenoxy) is 1. The van der Waals surface area contributed by atoms with Gasteiger partial charge in [-0.1, -0.05) is 60.7 Å². The monoisotopic (exact) mass is 373 g/mol. The fourth-order valence-corrected chi connectivity index (χ4v) is 4.19. The highest BCUT2D eigenvalue weighted by atomic mass is 16.6. The van der Waals surface area contributed by atoms with E-state index in [1.54, 1.807) is 6.08 Å². The molecule has 0 aliphatic carbocycles. The van der Waals surface area contributed by atoms with Gasteiger partial charge in [-0.3, -0.25) is 9.80 Å². The van der Waals surface area contributed by atoms with Crippen LogP contribution in [0, 0.1) is 11.3 Å². The summed E-state index contributed by atoms with van der Waals surface area (Å²) < 4.78 is 5.59. The summed E-state index contributed by atoms with van der Waals surface area (Å²) in [6.07, 6.45) is 2.05. The van der Waals surface area contributed by atoms with Gasteiger partial charge in [0.25, 0.3) is 0 Å². The molecule has 142 valence electrons. The van der Waals surface area contributed by atoms with Gasteiger partial charge in [-0.15, -0.1) is 0 Å². The lowest BCUT2D eigenvalue weighted by Crippen LogP contribution is -2.55. The van der Waals surface area contributed by atoms with Crippen molar-refractivity contribution in [2.75, 3.05) is 13.1 Å². The van der Waals surface area contributed by atoms with Crippen LogP contribution in [0.3, 0.4) is 0 Å². The number of allylic oxidation sites excluding steroid dienone is 1. The van der Waals surface area contributed by atoms with Gasteiger partial charge in [-0.2, -0.15) is 5.26 Å². The van der Waals surface area contributed by atoms with E-state index in [1.165, 1.54) is 5.56 Å². The first-order valence-electron chi connectivity index (χ1n) is 9.58. The van der Waals surface area contributed by atoms with E-state index in [1.807, 2.05) is 53.4 Å². The van der Waals surface area contributed by atoms with E-state index in [0.717, 1.165) is 37.2 Å². The molecule has 2 saturated heterocycles. The molecule has 4 rings (SSSR count). The fraction of sp³-hybridized carbons (Fsp3) is 0.304. The molecule has 0 spiro atoms. The number of benzene rings is 2. The van der Waals surface area contributed by atoms with Crippen molar-refractivity contribution in [2.24, 2.45) is 0 Å². The standard InChI is InChI=1S/C23H23N3O2/c24-12-11-20-13-21-15-25(14-18-7-3-1-4-8-18)16-22(20)26(21)23(27)28-17-19-9-5-2-6-10-19/h1-11,21-22H,13-17H2/b20-11-. The minimum atomic E-state index is -0.292. The molecule has 5 heteroatoms. The first kappa shape index (κ1) is 18.3. The van der Waals surface area contributed by atoms with Gasteiger partial charge in [0, 0.05) is 25.7 Å². The van der Waals surface area contributed by atoms with Gasteiger partial charge in [0.15, 0.2) is 0 Å². The SMILES string of the molecule is N#C/C=C1/CC2CN(Cc3ccccc3)CC1N2C(=O)OCc1ccccc1. The van der Waals surface area contributed by atoms with Crippen molar-refractivity contribution in [3.63, 3.8) is 0 Å². The minimum Gasteiger partial charge on any atom is -0.445 e. The molecule has 2 aromatic carbocycles. The Bertz CT molecular complexity index is 889. The highest BCUT2D eigenvalue weighted by Crippen LogP contribution is 2.35. The number of amides is 1. The minimum absolute atomic E-state index is 0.0466. The molecule has 0 N–H and O–H groups in total. The van der Waals surface area contributed by atoms with Crippen LogP contribution in [0.1, 0.15) is 17.5 Å². The molecule has 5 nitrogen and oxygen atoms in total. The van der Waals surface area contributed by atoms with E-state index >= 15 is 0 Å². The first-order chi connectivity index (χ1) is 13.7. The third-order valence-electron chi connectivity index (χ3n) is 5.44. The van der Waals surface area contributed by atoms with Gasteiger partial charge < -0.3 is 4.74 Å². The number of fused-ring (bicyclic) bond motifs is 2. The average Bonchev–Trinajstić information content (AvgIpc) is 2.95. The second kappa shape index (κ2) is 8.28. The summed E-state index contributed by atoms with van der Waals surface area (Å²) in [7, 11) is 0. The molecule has 2 aliphatic rings. The summed E-state index contributed by atoms with van der Waals surface area (Å²) in [4.78, 5) is 17.0. The van der Waals surface area contributed by atoms with Crippen molar-refractivity contribution in [3.8, 4) is 6.07 Å². The molecular formula is C23H23N3O2. The van der Waals surface area contributed by atoms with Gasteiger partial charge in [-0.05, 0) is 23.1 Å². The van der Waals surface area contributed by atoms with Gasteiger partial charge in [-0.25, -0.2) is 4.79 Å². The molecule has 28 heavy (non-hydrogen) atoms. The Hall–Kier alpha value is -3.10. The van der Waals surface area contributed by atoms with Gasteiger partial charge in [0.2, 0.25) is 0 Å². The van der Waals surface area contributed by atoms with Crippen molar-refractivity contribution in [1.29, 1.82) is 5.26 Å². The fourth-order valence-electron chi connectivity index (χ4n) is 4.19. The van der Waals surface area contributed by atoms with Gasteiger partial charge in [0.1, 0.15) is 6.61 Å². The second-order valence-corrected chi connectivity index (χ2v) is 7.35. The highest BCUT2D eigenvalue weighted by molar-refractivity contribution is 5.70. The zero-order valence-corrected chi connectivity index (χ0v) is 15.7. The lowest BCUT2D eigenvalue weighted by molar-refractivity contribution is 0.0392. The average molecular weight is 373 g/mol. The van der Waals surface area contributed by atoms with Crippen molar-refractivity contribution in [3.05, 3.63) is 83.4 Å². The lowest BCUT2D eigenvalue weighted by Gasteiger charge is -2.40. The van der Waals surface area contributed by atoms with E-state index < -0.39 is 0 Å². The number of hydrogen-bond acceptors (Lipinski definition) is 4. The number of piperazine rings is 1. The molecular weight excluding hydrogens is 350 g/mol. The van der Waals surface area contributed by atoms with Crippen molar-refractivity contribution in [1.82, 2.24) is 9.80 Å². The number of rotatable bonds is 4. The maximum Gasteiger partial charge on any atom is 0.410 e. The molecule has 2 aliphatic heterocycles. The maximum atomic E-state index is 12.8. The van der Waals surface area contributed by atoms with E-state index in [-0.39, 0.29) is 24.8 Å². The molecule has 2 fully saturated rings. The molecule has 2 heterocycles. The quantitative estimate of drug-likeness (QED) is 0.766. The van der Waals surface area contributed by atoms with E-state index in [9.17, 15) is 4.79 Å². The van der Waals surface area contributed by atoms with Crippen LogP contribution in [0.4, 0.5) is 4.79 Å². The molecule has 0 radical (unpaired) electrons. The zero-order valence-electron chi connectivity index (χ0n) is 15.7. The predicted molar refractivity (Wildman–Crippen MR) is 106 cm³/mol. The van der Waals surface area contributed by atoms with Crippen LogP contribution in [0.5, 0.6) is 0 Å². The summed E-state index contributed by atoms with van der Waals surface area (Å²) in [5.74, 6) is 0. The van der Waals surface area contributed by atoms with Crippen LogP contribution in [0.25, 0.3) is 0 Å². The molecule has 2 aromatic rings. The Kier molecular flexibility index (Phi) is 5.41. The van der Waals surface area contributed by atoms with E-state index in [2.05, 4.69) is 23.1 Å². The highest BCUT2D eigenvalue weighted by Gasteiger charge is 2.46. The molecule has 0 aromatic heterocycles. The Balaban J connectivity index is 1.46. The number of carbonyl (C=O) groups is 1.